The normalized spacial score (nSPS) is 27.3. The van der Waals surface area contributed by atoms with Crippen LogP contribution in [-0.4, -0.2) is 36.2 Å². The van der Waals surface area contributed by atoms with Gasteiger partial charge in [0.25, 0.3) is 0 Å². The van der Waals surface area contributed by atoms with Crippen LogP contribution in [-0.2, 0) is 0 Å². The minimum absolute atomic E-state index is 0. The van der Waals surface area contributed by atoms with Crippen LogP contribution in [0.4, 0.5) is 0 Å². The topological polar surface area (TPSA) is 6.48 Å². The molecule has 0 aromatic heterocycles. The highest BCUT2D eigenvalue weighted by Gasteiger charge is 2.21. The molecule has 2 rings (SSSR count). The van der Waals surface area contributed by atoms with E-state index >= 15 is 0 Å². The third kappa shape index (κ3) is 2.17. The Labute approximate surface area is 79.3 Å². The molecule has 0 amide bonds. The van der Waals surface area contributed by atoms with Gasteiger partial charge >= 0.3 is 0 Å². The van der Waals surface area contributed by atoms with Crippen molar-refractivity contribution in [1.29, 1.82) is 0 Å². The lowest BCUT2D eigenvalue weighted by atomic mass is 10.4. The number of halogens is 1. The molecule has 66 valence electrons. The Morgan fingerprint density at radius 1 is 0.545 bits per heavy atom. The molecule has 2 fully saturated rings. The van der Waals surface area contributed by atoms with E-state index < -0.39 is 0 Å². The molecule has 2 aliphatic rings. The van der Waals surface area contributed by atoms with Gasteiger partial charge in [-0.1, -0.05) is 0 Å². The van der Waals surface area contributed by atoms with E-state index in [1.54, 1.807) is 0 Å². The van der Waals surface area contributed by atoms with Gasteiger partial charge in [0, 0.05) is 26.2 Å². The van der Waals surface area contributed by atoms with Gasteiger partial charge in [-0.15, -0.1) is 17.0 Å². The van der Waals surface area contributed by atoms with E-state index in [4.69, 9.17) is 0 Å². The third-order valence-corrected chi connectivity index (χ3v) is 2.56. The first kappa shape index (κ1) is 9.49. The first-order valence-corrected chi connectivity index (χ1v) is 4.46. The second-order valence-electron chi connectivity index (χ2n) is 3.32. The van der Waals surface area contributed by atoms with Crippen molar-refractivity contribution in [3.63, 3.8) is 0 Å². The van der Waals surface area contributed by atoms with Crippen molar-refractivity contribution in [3.8, 4) is 0 Å². The first-order chi connectivity index (χ1) is 4.97. The van der Waals surface area contributed by atoms with Crippen molar-refractivity contribution in [2.75, 3.05) is 26.2 Å². The van der Waals surface area contributed by atoms with Crippen molar-refractivity contribution in [3.05, 3.63) is 0 Å². The van der Waals surface area contributed by atoms with Crippen LogP contribution in [0.3, 0.4) is 0 Å². The van der Waals surface area contributed by atoms with Gasteiger partial charge in [-0.05, 0) is 25.7 Å². The summed E-state index contributed by atoms with van der Waals surface area (Å²) >= 11 is 0. The van der Waals surface area contributed by atoms with E-state index in [1.807, 2.05) is 0 Å². The molecule has 2 aliphatic heterocycles. The molecule has 0 spiro atoms. The summed E-state index contributed by atoms with van der Waals surface area (Å²) in [7, 11) is 0. The molecule has 2 nitrogen and oxygen atoms in total. The number of hydrogen-bond donors (Lipinski definition) is 0. The molecular formula is C8H17BrN2. The Balaban J connectivity index is 0.000000605. The number of nitrogens with zero attached hydrogens (tertiary/aromatic N) is 2. The fraction of sp³-hybridized carbons (Fsp3) is 1.00. The van der Waals surface area contributed by atoms with Gasteiger partial charge < -0.3 is 0 Å². The first-order valence-electron chi connectivity index (χ1n) is 4.46. The average molecular weight is 221 g/mol. The van der Waals surface area contributed by atoms with E-state index in [-0.39, 0.29) is 17.0 Å². The van der Waals surface area contributed by atoms with Crippen LogP contribution in [0.2, 0.25) is 0 Å². The van der Waals surface area contributed by atoms with Crippen molar-refractivity contribution < 1.29 is 0 Å². The van der Waals surface area contributed by atoms with Crippen molar-refractivity contribution in [1.82, 2.24) is 10.0 Å². The molecule has 0 radical (unpaired) electrons. The Hall–Kier alpha value is 0.400. The second-order valence-corrected chi connectivity index (χ2v) is 3.32. The number of rotatable bonds is 1. The van der Waals surface area contributed by atoms with Crippen LogP contribution in [0.5, 0.6) is 0 Å². The predicted octanol–water partition coefficient (Wildman–Crippen LogP) is 1.67. The highest BCUT2D eigenvalue weighted by Crippen LogP contribution is 2.16. The summed E-state index contributed by atoms with van der Waals surface area (Å²) in [5.74, 6) is 0. The van der Waals surface area contributed by atoms with E-state index in [1.165, 1.54) is 51.9 Å². The zero-order chi connectivity index (χ0) is 6.81. The molecule has 2 heterocycles. The molecule has 0 aromatic rings. The maximum absolute atomic E-state index is 2.53. The molecule has 3 heteroatoms. The van der Waals surface area contributed by atoms with E-state index in [9.17, 15) is 0 Å². The largest absolute Gasteiger partial charge is 0.242 e. The fourth-order valence-electron chi connectivity index (χ4n) is 1.97. The molecule has 0 saturated carbocycles. The maximum Gasteiger partial charge on any atom is 0.0133 e. The molecule has 0 N–H and O–H groups in total. The van der Waals surface area contributed by atoms with Gasteiger partial charge in [-0.25, -0.2) is 10.0 Å². The zero-order valence-electron chi connectivity index (χ0n) is 6.96. The molecule has 0 aromatic carbocycles. The van der Waals surface area contributed by atoms with E-state index in [0.717, 1.165) is 0 Å². The second kappa shape index (κ2) is 4.43. The van der Waals surface area contributed by atoms with Gasteiger partial charge in [-0.3, -0.25) is 0 Å². The minimum Gasteiger partial charge on any atom is -0.242 e. The lowest BCUT2D eigenvalue weighted by molar-refractivity contribution is 0.0220. The lowest BCUT2D eigenvalue weighted by Crippen LogP contribution is -2.38. The summed E-state index contributed by atoms with van der Waals surface area (Å²) in [6.07, 6.45) is 5.65. The van der Waals surface area contributed by atoms with Gasteiger partial charge in [0.05, 0.1) is 0 Å². The van der Waals surface area contributed by atoms with E-state index in [0.29, 0.717) is 0 Å². The fourth-order valence-corrected chi connectivity index (χ4v) is 1.97. The SMILES string of the molecule is Br.C1CCN(N2CCCC2)C1. The van der Waals surface area contributed by atoms with Gasteiger partial charge in [0.15, 0.2) is 0 Å². The average Bonchev–Trinajstić information content (AvgIpc) is 2.59. The van der Waals surface area contributed by atoms with Crippen LogP contribution in [0, 0.1) is 0 Å². The third-order valence-electron chi connectivity index (χ3n) is 2.56. The summed E-state index contributed by atoms with van der Waals surface area (Å²) in [5, 5.41) is 5.07. The minimum atomic E-state index is 0. The highest BCUT2D eigenvalue weighted by atomic mass is 79.9. The van der Waals surface area contributed by atoms with Crippen LogP contribution < -0.4 is 0 Å². The van der Waals surface area contributed by atoms with Crippen LogP contribution in [0.15, 0.2) is 0 Å². The summed E-state index contributed by atoms with van der Waals surface area (Å²) in [6, 6.07) is 0. The monoisotopic (exact) mass is 220 g/mol. The Bertz CT molecular complexity index is 92.7. The van der Waals surface area contributed by atoms with Crippen LogP contribution in [0.25, 0.3) is 0 Å². The van der Waals surface area contributed by atoms with Crippen molar-refractivity contribution >= 4 is 17.0 Å². The zero-order valence-corrected chi connectivity index (χ0v) is 8.67. The van der Waals surface area contributed by atoms with Gasteiger partial charge in [-0.2, -0.15) is 0 Å². The summed E-state index contributed by atoms with van der Waals surface area (Å²) < 4.78 is 0. The maximum atomic E-state index is 2.53. The van der Waals surface area contributed by atoms with Crippen LogP contribution in [0.1, 0.15) is 25.7 Å². The van der Waals surface area contributed by atoms with Crippen LogP contribution >= 0.6 is 17.0 Å². The summed E-state index contributed by atoms with van der Waals surface area (Å²) in [6.45, 7) is 5.28. The quantitative estimate of drug-likeness (QED) is 0.664. The van der Waals surface area contributed by atoms with Crippen molar-refractivity contribution in [2.24, 2.45) is 0 Å². The molecule has 0 unspecified atom stereocenters. The predicted molar refractivity (Wildman–Crippen MR) is 51.9 cm³/mol. The summed E-state index contributed by atoms with van der Waals surface area (Å²) in [5.41, 5.74) is 0. The number of hydrazine groups is 1. The molecule has 0 atom stereocenters. The smallest absolute Gasteiger partial charge is 0.0133 e. The highest BCUT2D eigenvalue weighted by molar-refractivity contribution is 8.93. The molecule has 2 saturated heterocycles. The summed E-state index contributed by atoms with van der Waals surface area (Å²) in [4.78, 5) is 0. The lowest BCUT2D eigenvalue weighted by Gasteiger charge is -2.26. The molecule has 11 heavy (non-hydrogen) atoms. The Kier molecular flexibility index (Phi) is 3.82. The molecule has 0 aliphatic carbocycles. The van der Waals surface area contributed by atoms with Gasteiger partial charge in [0.2, 0.25) is 0 Å². The Morgan fingerprint density at radius 3 is 1.09 bits per heavy atom. The van der Waals surface area contributed by atoms with Crippen molar-refractivity contribution in [2.45, 2.75) is 25.7 Å². The molecular weight excluding hydrogens is 204 g/mol. The van der Waals surface area contributed by atoms with E-state index in [2.05, 4.69) is 10.0 Å². The van der Waals surface area contributed by atoms with Gasteiger partial charge in [0.1, 0.15) is 0 Å². The molecule has 0 bridgehead atoms. The standard InChI is InChI=1S/C8H16N2.BrH/c1-2-6-9(5-1)10-7-3-4-8-10;/h1-8H2;1H. The number of hydrogen-bond acceptors (Lipinski definition) is 2. The Morgan fingerprint density at radius 2 is 0.818 bits per heavy atom.